The second-order valence-electron chi connectivity index (χ2n) is 7.21. The van der Waals surface area contributed by atoms with Crippen LogP contribution in [0.3, 0.4) is 0 Å². The van der Waals surface area contributed by atoms with Crippen LogP contribution in [0, 0.1) is 11.3 Å². The maximum Gasteiger partial charge on any atom is 0.0107 e. The highest BCUT2D eigenvalue weighted by Gasteiger charge is 2.24. The van der Waals surface area contributed by atoms with Crippen LogP contribution in [-0.2, 0) is 0 Å². The van der Waals surface area contributed by atoms with Crippen molar-refractivity contribution in [2.24, 2.45) is 11.3 Å². The zero-order valence-corrected chi connectivity index (χ0v) is 12.5. The molecular formula is C16H32N2. The van der Waals surface area contributed by atoms with Crippen molar-refractivity contribution < 1.29 is 0 Å². The molecule has 2 heteroatoms. The zero-order chi connectivity index (χ0) is 12.8. The molecule has 18 heavy (non-hydrogen) atoms. The van der Waals surface area contributed by atoms with Crippen LogP contribution in [0.15, 0.2) is 0 Å². The fourth-order valence-corrected chi connectivity index (χ4v) is 3.32. The Bertz CT molecular complexity index is 221. The average Bonchev–Trinajstić information content (AvgIpc) is 2.37. The minimum absolute atomic E-state index is 0.589. The molecule has 1 aliphatic heterocycles. The van der Waals surface area contributed by atoms with Gasteiger partial charge in [-0.25, -0.2) is 0 Å². The summed E-state index contributed by atoms with van der Waals surface area (Å²) in [7, 11) is 0. The van der Waals surface area contributed by atoms with E-state index in [0.29, 0.717) is 5.41 Å². The van der Waals surface area contributed by atoms with Gasteiger partial charge < -0.3 is 10.2 Å². The Morgan fingerprint density at radius 2 is 1.72 bits per heavy atom. The minimum atomic E-state index is 0.589. The Hall–Kier alpha value is -0.0800. The van der Waals surface area contributed by atoms with E-state index in [1.807, 2.05) is 0 Å². The molecule has 0 radical (unpaired) electrons. The molecule has 1 saturated carbocycles. The monoisotopic (exact) mass is 252 g/mol. The maximum atomic E-state index is 3.68. The molecule has 1 N–H and O–H groups in total. The van der Waals surface area contributed by atoms with E-state index in [2.05, 4.69) is 24.1 Å². The molecule has 0 spiro atoms. The number of hydrogen-bond acceptors (Lipinski definition) is 2. The highest BCUT2D eigenvalue weighted by atomic mass is 15.1. The van der Waals surface area contributed by atoms with Gasteiger partial charge in [-0.05, 0) is 56.7 Å². The van der Waals surface area contributed by atoms with E-state index in [1.54, 1.807) is 0 Å². The van der Waals surface area contributed by atoms with Crippen LogP contribution < -0.4 is 5.32 Å². The third kappa shape index (κ3) is 4.89. The van der Waals surface area contributed by atoms with Crippen molar-refractivity contribution in [1.82, 2.24) is 10.2 Å². The van der Waals surface area contributed by atoms with Gasteiger partial charge in [-0.2, -0.15) is 0 Å². The van der Waals surface area contributed by atoms with Crippen LogP contribution in [0.2, 0.25) is 0 Å². The van der Waals surface area contributed by atoms with Crippen molar-refractivity contribution >= 4 is 0 Å². The summed E-state index contributed by atoms with van der Waals surface area (Å²) < 4.78 is 0. The SMILES string of the molecule is CC1(C)CCN(CCNCC2CCCCC2)CC1. The fourth-order valence-electron chi connectivity index (χ4n) is 3.32. The highest BCUT2D eigenvalue weighted by Crippen LogP contribution is 2.29. The Morgan fingerprint density at radius 3 is 2.39 bits per heavy atom. The number of rotatable bonds is 5. The minimum Gasteiger partial charge on any atom is -0.315 e. The largest absolute Gasteiger partial charge is 0.315 e. The van der Waals surface area contributed by atoms with Crippen molar-refractivity contribution in [3.05, 3.63) is 0 Å². The van der Waals surface area contributed by atoms with E-state index in [9.17, 15) is 0 Å². The maximum absolute atomic E-state index is 3.68. The van der Waals surface area contributed by atoms with Crippen LogP contribution in [0.4, 0.5) is 0 Å². The van der Waals surface area contributed by atoms with Crippen LogP contribution >= 0.6 is 0 Å². The first-order valence-corrected chi connectivity index (χ1v) is 8.09. The summed E-state index contributed by atoms with van der Waals surface area (Å²) in [5.74, 6) is 0.971. The molecule has 2 aliphatic rings. The van der Waals surface area contributed by atoms with Gasteiger partial charge in [-0.3, -0.25) is 0 Å². The molecule has 106 valence electrons. The molecule has 1 heterocycles. The molecule has 1 saturated heterocycles. The van der Waals surface area contributed by atoms with Gasteiger partial charge in [-0.1, -0.05) is 33.1 Å². The molecule has 0 amide bonds. The van der Waals surface area contributed by atoms with E-state index in [-0.39, 0.29) is 0 Å². The number of likely N-dealkylation sites (tertiary alicyclic amines) is 1. The summed E-state index contributed by atoms with van der Waals surface area (Å²) in [6, 6.07) is 0. The molecule has 2 nitrogen and oxygen atoms in total. The van der Waals surface area contributed by atoms with Crippen molar-refractivity contribution in [2.45, 2.75) is 58.8 Å². The van der Waals surface area contributed by atoms with Gasteiger partial charge in [-0.15, -0.1) is 0 Å². The molecule has 1 aliphatic carbocycles. The first-order chi connectivity index (χ1) is 8.66. The summed E-state index contributed by atoms with van der Waals surface area (Å²) in [5, 5.41) is 3.68. The van der Waals surface area contributed by atoms with E-state index in [1.165, 1.54) is 77.7 Å². The number of nitrogens with one attached hydrogen (secondary N) is 1. The van der Waals surface area contributed by atoms with Gasteiger partial charge in [0.2, 0.25) is 0 Å². The Balaban J connectivity index is 1.50. The van der Waals surface area contributed by atoms with Crippen molar-refractivity contribution in [2.75, 3.05) is 32.7 Å². The van der Waals surface area contributed by atoms with Gasteiger partial charge in [0.05, 0.1) is 0 Å². The van der Waals surface area contributed by atoms with E-state index in [4.69, 9.17) is 0 Å². The lowest BCUT2D eigenvalue weighted by Crippen LogP contribution is -2.41. The Labute approximate surface area is 114 Å². The summed E-state index contributed by atoms with van der Waals surface area (Å²) in [4.78, 5) is 2.64. The van der Waals surface area contributed by atoms with Gasteiger partial charge in [0.1, 0.15) is 0 Å². The van der Waals surface area contributed by atoms with Gasteiger partial charge in [0.15, 0.2) is 0 Å². The first kappa shape index (κ1) is 14.3. The molecule has 2 rings (SSSR count). The van der Waals surface area contributed by atoms with E-state index >= 15 is 0 Å². The van der Waals surface area contributed by atoms with Crippen molar-refractivity contribution in [3.8, 4) is 0 Å². The Kier molecular flexibility index (Phi) is 5.50. The molecule has 0 atom stereocenters. The van der Waals surface area contributed by atoms with E-state index < -0.39 is 0 Å². The molecule has 0 bridgehead atoms. The fraction of sp³-hybridized carbons (Fsp3) is 1.00. The van der Waals surface area contributed by atoms with Gasteiger partial charge >= 0.3 is 0 Å². The molecule has 0 aromatic rings. The number of hydrogen-bond donors (Lipinski definition) is 1. The second-order valence-corrected chi connectivity index (χ2v) is 7.21. The van der Waals surface area contributed by atoms with Crippen molar-refractivity contribution in [1.29, 1.82) is 0 Å². The summed E-state index contributed by atoms with van der Waals surface area (Å²) in [6.45, 7) is 11.1. The molecular weight excluding hydrogens is 220 g/mol. The van der Waals surface area contributed by atoms with Gasteiger partial charge in [0.25, 0.3) is 0 Å². The highest BCUT2D eigenvalue weighted by molar-refractivity contribution is 4.78. The number of nitrogens with zero attached hydrogens (tertiary/aromatic N) is 1. The Morgan fingerprint density at radius 1 is 1.06 bits per heavy atom. The first-order valence-electron chi connectivity index (χ1n) is 8.09. The van der Waals surface area contributed by atoms with Gasteiger partial charge in [0, 0.05) is 13.1 Å². The topological polar surface area (TPSA) is 15.3 Å². The van der Waals surface area contributed by atoms with Crippen LogP contribution in [-0.4, -0.2) is 37.6 Å². The third-order valence-corrected chi connectivity index (χ3v) is 4.97. The molecule has 2 fully saturated rings. The van der Waals surface area contributed by atoms with Crippen LogP contribution in [0.5, 0.6) is 0 Å². The predicted molar refractivity (Wildman–Crippen MR) is 78.9 cm³/mol. The van der Waals surface area contributed by atoms with Crippen LogP contribution in [0.25, 0.3) is 0 Å². The third-order valence-electron chi connectivity index (χ3n) is 4.97. The van der Waals surface area contributed by atoms with Crippen molar-refractivity contribution in [3.63, 3.8) is 0 Å². The molecule has 0 aromatic carbocycles. The van der Waals surface area contributed by atoms with E-state index in [0.717, 1.165) is 5.92 Å². The lowest BCUT2D eigenvalue weighted by atomic mass is 9.83. The molecule has 0 unspecified atom stereocenters. The number of piperidine rings is 1. The quantitative estimate of drug-likeness (QED) is 0.755. The zero-order valence-electron chi connectivity index (χ0n) is 12.5. The van der Waals surface area contributed by atoms with Crippen LogP contribution in [0.1, 0.15) is 58.8 Å². The lowest BCUT2D eigenvalue weighted by Gasteiger charge is -2.37. The summed E-state index contributed by atoms with van der Waals surface area (Å²) >= 11 is 0. The standard InChI is InChI=1S/C16H32N2/c1-16(2)8-11-18(12-9-16)13-10-17-14-15-6-4-3-5-7-15/h15,17H,3-14H2,1-2H3. The molecule has 0 aromatic heterocycles. The average molecular weight is 252 g/mol. The lowest BCUT2D eigenvalue weighted by molar-refractivity contribution is 0.133. The predicted octanol–water partition coefficient (Wildman–Crippen LogP) is 3.28. The smallest absolute Gasteiger partial charge is 0.0107 e. The summed E-state index contributed by atoms with van der Waals surface area (Å²) in [6.07, 6.45) is 10.1. The summed E-state index contributed by atoms with van der Waals surface area (Å²) in [5.41, 5.74) is 0.589. The second kappa shape index (κ2) is 6.91. The normalized spacial score (nSPS) is 26.3.